The lowest BCUT2D eigenvalue weighted by Gasteiger charge is -2.18. The molecule has 0 radical (unpaired) electrons. The molecule has 0 bridgehead atoms. The molecule has 2 fully saturated rings. The van der Waals surface area contributed by atoms with Gasteiger partial charge in [0.2, 0.25) is 0 Å². The van der Waals surface area contributed by atoms with Gasteiger partial charge in [-0.3, -0.25) is 10.1 Å². The van der Waals surface area contributed by atoms with Crippen molar-refractivity contribution in [2.24, 2.45) is 10.9 Å². The van der Waals surface area contributed by atoms with Gasteiger partial charge in [0.05, 0.1) is 6.54 Å². The molecule has 3 aliphatic rings. The Morgan fingerprint density at radius 3 is 2.89 bits per heavy atom. The molecule has 2 unspecified atom stereocenters. The molecule has 144 valence electrons. The average molecular weight is 366 g/mol. The second kappa shape index (κ2) is 7.37. The van der Waals surface area contributed by atoms with E-state index in [2.05, 4.69) is 58.0 Å². The highest BCUT2D eigenvalue weighted by Crippen LogP contribution is 2.41. The predicted molar refractivity (Wildman–Crippen MR) is 112 cm³/mol. The van der Waals surface area contributed by atoms with Crippen molar-refractivity contribution in [3.05, 3.63) is 48.0 Å². The van der Waals surface area contributed by atoms with Crippen LogP contribution >= 0.6 is 0 Å². The number of H-pyrrole nitrogens is 1. The van der Waals surface area contributed by atoms with E-state index < -0.39 is 0 Å². The molecule has 5 heteroatoms. The van der Waals surface area contributed by atoms with E-state index in [1.54, 1.807) is 0 Å². The third-order valence-electron chi connectivity index (χ3n) is 6.05. The molecule has 5 nitrogen and oxygen atoms in total. The highest BCUT2D eigenvalue weighted by molar-refractivity contribution is 5.75. The first-order valence-corrected chi connectivity index (χ1v) is 10.1. The van der Waals surface area contributed by atoms with E-state index in [0.29, 0.717) is 11.5 Å². The molecular formula is C22H31N5. The molecule has 2 atom stereocenters. The Balaban J connectivity index is 1.25. The predicted octanol–water partition coefficient (Wildman–Crippen LogP) is 4.67. The SMILES string of the molecule is C=C(CC1=CC=NC1)Nc1cc(C2CCC(CC(=C)NC3(C)CC3)C2)[nH]n1. The number of aromatic nitrogens is 2. The Kier molecular flexibility index (Phi) is 4.94. The molecule has 1 aromatic heterocycles. The summed E-state index contributed by atoms with van der Waals surface area (Å²) in [6.07, 6.45) is 12.1. The summed E-state index contributed by atoms with van der Waals surface area (Å²) in [7, 11) is 0. The fourth-order valence-electron chi connectivity index (χ4n) is 4.29. The third-order valence-corrected chi connectivity index (χ3v) is 6.05. The zero-order chi connectivity index (χ0) is 18.9. The van der Waals surface area contributed by atoms with Crippen molar-refractivity contribution in [3.8, 4) is 0 Å². The zero-order valence-corrected chi connectivity index (χ0v) is 16.4. The maximum atomic E-state index is 4.44. The smallest absolute Gasteiger partial charge is 0.152 e. The highest BCUT2D eigenvalue weighted by Gasteiger charge is 2.37. The lowest BCUT2D eigenvalue weighted by atomic mass is 9.98. The van der Waals surface area contributed by atoms with Crippen LogP contribution in [0.5, 0.6) is 0 Å². The fraction of sp³-hybridized carbons (Fsp3) is 0.545. The van der Waals surface area contributed by atoms with Gasteiger partial charge in [-0.25, -0.2) is 0 Å². The summed E-state index contributed by atoms with van der Waals surface area (Å²) in [5, 5.41) is 14.6. The van der Waals surface area contributed by atoms with Crippen molar-refractivity contribution in [2.45, 2.75) is 63.3 Å². The average Bonchev–Trinajstić information content (AvgIpc) is 3.10. The number of hydrogen-bond acceptors (Lipinski definition) is 4. The number of anilines is 1. The first kappa shape index (κ1) is 18.1. The summed E-state index contributed by atoms with van der Waals surface area (Å²) in [5.74, 6) is 2.16. The van der Waals surface area contributed by atoms with E-state index in [9.17, 15) is 0 Å². The van der Waals surface area contributed by atoms with E-state index >= 15 is 0 Å². The summed E-state index contributed by atoms with van der Waals surface area (Å²) in [4.78, 5) is 4.21. The molecule has 0 spiro atoms. The fourth-order valence-corrected chi connectivity index (χ4v) is 4.29. The Morgan fingerprint density at radius 1 is 1.30 bits per heavy atom. The van der Waals surface area contributed by atoms with Crippen molar-refractivity contribution >= 4 is 12.0 Å². The summed E-state index contributed by atoms with van der Waals surface area (Å²) >= 11 is 0. The molecule has 1 aliphatic heterocycles. The van der Waals surface area contributed by atoms with Crippen molar-refractivity contribution in [3.63, 3.8) is 0 Å². The maximum absolute atomic E-state index is 4.44. The van der Waals surface area contributed by atoms with Crippen molar-refractivity contribution < 1.29 is 0 Å². The van der Waals surface area contributed by atoms with Gasteiger partial charge in [-0.05, 0) is 63.0 Å². The van der Waals surface area contributed by atoms with Crippen LogP contribution in [0.4, 0.5) is 5.82 Å². The van der Waals surface area contributed by atoms with E-state index in [1.807, 2.05) is 6.21 Å². The Morgan fingerprint density at radius 2 is 2.15 bits per heavy atom. The molecule has 0 amide bonds. The van der Waals surface area contributed by atoms with Crippen LogP contribution in [0.3, 0.4) is 0 Å². The van der Waals surface area contributed by atoms with Gasteiger partial charge in [0.15, 0.2) is 5.82 Å². The number of rotatable bonds is 9. The van der Waals surface area contributed by atoms with Crippen LogP contribution in [0, 0.1) is 5.92 Å². The minimum Gasteiger partial charge on any atom is -0.384 e. The Bertz CT molecular complexity index is 780. The van der Waals surface area contributed by atoms with Crippen LogP contribution < -0.4 is 10.6 Å². The monoisotopic (exact) mass is 365 g/mol. The van der Waals surface area contributed by atoms with E-state index in [1.165, 1.54) is 49.1 Å². The minimum absolute atomic E-state index is 0.335. The van der Waals surface area contributed by atoms with Crippen LogP contribution in [-0.2, 0) is 0 Å². The summed E-state index contributed by atoms with van der Waals surface area (Å²) in [6, 6.07) is 2.15. The number of nitrogens with one attached hydrogen (secondary N) is 3. The lowest BCUT2D eigenvalue weighted by molar-refractivity contribution is 0.490. The molecule has 2 aliphatic carbocycles. The molecular weight excluding hydrogens is 334 g/mol. The van der Waals surface area contributed by atoms with Crippen molar-refractivity contribution in [1.82, 2.24) is 15.5 Å². The standard InChI is InChI=1S/C22H31N5/c1-15(10-18-6-9-23-14-18)24-21-13-20(26-27-21)19-5-4-17(12-19)11-16(2)25-22(3)7-8-22/h6,9,13,17,19,25H,1-2,4-5,7-8,10-12,14H2,3H3,(H2,24,26,27). The van der Waals surface area contributed by atoms with Crippen molar-refractivity contribution in [2.75, 3.05) is 11.9 Å². The van der Waals surface area contributed by atoms with Gasteiger partial charge in [-0.15, -0.1) is 0 Å². The number of allylic oxidation sites excluding steroid dienone is 3. The molecule has 3 N–H and O–H groups in total. The first-order valence-electron chi connectivity index (χ1n) is 10.1. The maximum Gasteiger partial charge on any atom is 0.152 e. The van der Waals surface area contributed by atoms with E-state index in [4.69, 9.17) is 0 Å². The van der Waals surface area contributed by atoms with Crippen molar-refractivity contribution in [1.29, 1.82) is 0 Å². The summed E-state index contributed by atoms with van der Waals surface area (Å²) in [6.45, 7) is 11.5. The van der Waals surface area contributed by atoms with Gasteiger partial charge >= 0.3 is 0 Å². The topological polar surface area (TPSA) is 65.1 Å². The van der Waals surface area contributed by atoms with E-state index in [-0.39, 0.29) is 0 Å². The van der Waals surface area contributed by atoms with Gasteiger partial charge in [0, 0.05) is 47.2 Å². The van der Waals surface area contributed by atoms with Gasteiger partial charge < -0.3 is 10.6 Å². The molecule has 0 saturated heterocycles. The minimum atomic E-state index is 0.335. The molecule has 2 heterocycles. The highest BCUT2D eigenvalue weighted by atomic mass is 15.2. The quantitative estimate of drug-likeness (QED) is 0.596. The van der Waals surface area contributed by atoms with E-state index in [0.717, 1.165) is 36.8 Å². The third kappa shape index (κ3) is 4.71. The first-order chi connectivity index (χ1) is 13.0. The number of nitrogens with zero attached hydrogens (tertiary/aromatic N) is 2. The van der Waals surface area contributed by atoms with Gasteiger partial charge in [-0.2, -0.15) is 5.10 Å². The van der Waals surface area contributed by atoms with Crippen LogP contribution in [0.1, 0.15) is 63.5 Å². The summed E-state index contributed by atoms with van der Waals surface area (Å²) < 4.78 is 0. The van der Waals surface area contributed by atoms with Gasteiger partial charge in [0.25, 0.3) is 0 Å². The molecule has 4 rings (SSSR count). The number of aliphatic imine (C=N–C) groups is 1. The zero-order valence-electron chi connectivity index (χ0n) is 16.4. The Labute approximate surface area is 162 Å². The number of aromatic amines is 1. The van der Waals surface area contributed by atoms with Crippen LogP contribution in [-0.4, -0.2) is 28.5 Å². The second-order valence-electron chi connectivity index (χ2n) is 8.80. The van der Waals surface area contributed by atoms with Gasteiger partial charge in [0.1, 0.15) is 0 Å². The molecule has 0 aromatic carbocycles. The van der Waals surface area contributed by atoms with Crippen LogP contribution in [0.2, 0.25) is 0 Å². The lowest BCUT2D eigenvalue weighted by Crippen LogP contribution is -2.27. The molecule has 2 saturated carbocycles. The molecule has 27 heavy (non-hydrogen) atoms. The summed E-state index contributed by atoms with van der Waals surface area (Å²) in [5.41, 5.74) is 5.04. The van der Waals surface area contributed by atoms with Gasteiger partial charge in [-0.1, -0.05) is 13.2 Å². The largest absolute Gasteiger partial charge is 0.384 e. The Hall–Kier alpha value is -2.30. The second-order valence-corrected chi connectivity index (χ2v) is 8.80. The van der Waals surface area contributed by atoms with Crippen LogP contribution in [0.15, 0.2) is 47.3 Å². The normalized spacial score (nSPS) is 25.3. The molecule has 1 aromatic rings. The van der Waals surface area contributed by atoms with Crippen LogP contribution in [0.25, 0.3) is 0 Å². The number of hydrogen-bond donors (Lipinski definition) is 3.